The Balaban J connectivity index is 1.62. The number of halogens is 1. The van der Waals surface area contributed by atoms with Crippen LogP contribution in [-0.4, -0.2) is 0 Å². The van der Waals surface area contributed by atoms with Crippen molar-refractivity contribution < 1.29 is 0 Å². The first-order chi connectivity index (χ1) is 19.5. The van der Waals surface area contributed by atoms with Crippen LogP contribution in [0.4, 0.5) is 0 Å². The summed E-state index contributed by atoms with van der Waals surface area (Å²) in [6.45, 7) is 4.75. The minimum Gasteiger partial charge on any atom is -0.0843 e. The van der Waals surface area contributed by atoms with Gasteiger partial charge in [-0.3, -0.25) is 0 Å². The largest absolute Gasteiger partial charge is 0.0843 e. The molecule has 0 amide bonds. The molecule has 0 nitrogen and oxygen atoms in total. The average molecular weight is 533 g/mol. The van der Waals surface area contributed by atoms with Crippen LogP contribution in [0.5, 0.6) is 0 Å². The monoisotopic (exact) mass is 532 g/mol. The molecule has 192 valence electrons. The number of fused-ring (bicyclic) bond motifs is 3. The van der Waals surface area contributed by atoms with Gasteiger partial charge in [-0.1, -0.05) is 141 Å². The van der Waals surface area contributed by atoms with Crippen molar-refractivity contribution in [3.8, 4) is 55.6 Å². The molecule has 1 aliphatic carbocycles. The molecule has 0 unspecified atom stereocenters. The maximum Gasteiger partial charge on any atom is 0.0406 e. The minimum atomic E-state index is -0.156. The van der Waals surface area contributed by atoms with E-state index >= 15 is 0 Å². The molecule has 1 aliphatic rings. The first-order valence-corrected chi connectivity index (χ1v) is 14.2. The van der Waals surface area contributed by atoms with Gasteiger partial charge in [-0.2, -0.15) is 0 Å². The van der Waals surface area contributed by atoms with E-state index in [2.05, 4.69) is 141 Å². The molecule has 0 radical (unpaired) electrons. The van der Waals surface area contributed by atoms with E-state index < -0.39 is 0 Å². The Kier molecular flexibility index (Phi) is 5.95. The molecule has 0 aromatic heterocycles. The van der Waals surface area contributed by atoms with Crippen molar-refractivity contribution in [1.29, 1.82) is 0 Å². The smallest absolute Gasteiger partial charge is 0.0406 e. The summed E-state index contributed by atoms with van der Waals surface area (Å²) in [5.41, 5.74) is 15.1. The van der Waals surface area contributed by atoms with E-state index in [-0.39, 0.29) is 5.41 Å². The van der Waals surface area contributed by atoms with Crippen LogP contribution in [0.3, 0.4) is 0 Å². The molecule has 0 bridgehead atoms. The number of rotatable bonds is 4. The van der Waals surface area contributed by atoms with Crippen molar-refractivity contribution in [1.82, 2.24) is 0 Å². The van der Waals surface area contributed by atoms with Gasteiger partial charge in [0.25, 0.3) is 0 Å². The van der Waals surface area contributed by atoms with E-state index in [1.54, 1.807) is 0 Å². The van der Waals surface area contributed by atoms with Crippen LogP contribution in [-0.2, 0) is 5.41 Å². The predicted octanol–water partition coefficient (Wildman–Crippen LogP) is 11.3. The average Bonchev–Trinajstić information content (AvgIpc) is 3.24. The van der Waals surface area contributed by atoms with Crippen LogP contribution in [0.15, 0.2) is 140 Å². The first kappa shape index (κ1) is 24.6. The molecular weight excluding hydrogens is 504 g/mol. The second-order valence-corrected chi connectivity index (χ2v) is 11.5. The van der Waals surface area contributed by atoms with Crippen LogP contribution in [0.25, 0.3) is 55.6 Å². The summed E-state index contributed by atoms with van der Waals surface area (Å²) >= 11 is 6.23. The molecule has 0 saturated heterocycles. The highest BCUT2D eigenvalue weighted by Crippen LogP contribution is 2.57. The Morgan fingerprint density at radius 1 is 0.425 bits per heavy atom. The lowest BCUT2D eigenvalue weighted by molar-refractivity contribution is 0.662. The normalized spacial score (nSPS) is 13.1. The molecule has 1 heteroatoms. The summed E-state index contributed by atoms with van der Waals surface area (Å²) in [4.78, 5) is 0. The number of hydrogen-bond acceptors (Lipinski definition) is 0. The van der Waals surface area contributed by atoms with Gasteiger partial charge in [0.1, 0.15) is 0 Å². The van der Waals surface area contributed by atoms with Crippen molar-refractivity contribution in [2.45, 2.75) is 19.3 Å². The Hall–Kier alpha value is -4.39. The molecule has 0 spiro atoms. The molecule has 6 aromatic rings. The standard InChI is InChI=1S/C39H29Cl/c1-39(2)35-19-10-9-18-32(35)34-25-33(27-12-5-3-6-13-27)36(28-14-7-4-8-15-28)37(38(34)39)30-17-11-16-29(24-30)26-20-22-31(40)23-21-26/h3-25H,1-2H3. The lowest BCUT2D eigenvalue weighted by atomic mass is 9.74. The molecule has 0 saturated carbocycles. The summed E-state index contributed by atoms with van der Waals surface area (Å²) in [5.74, 6) is 0. The van der Waals surface area contributed by atoms with Gasteiger partial charge < -0.3 is 0 Å². The first-order valence-electron chi connectivity index (χ1n) is 13.8. The van der Waals surface area contributed by atoms with E-state index in [0.717, 1.165) is 10.6 Å². The van der Waals surface area contributed by atoms with Crippen molar-refractivity contribution in [2.24, 2.45) is 0 Å². The summed E-state index contributed by atoms with van der Waals surface area (Å²) < 4.78 is 0. The third kappa shape index (κ3) is 3.99. The van der Waals surface area contributed by atoms with Crippen LogP contribution in [0.2, 0.25) is 5.02 Å². The van der Waals surface area contributed by atoms with Gasteiger partial charge in [-0.05, 0) is 91.0 Å². The highest BCUT2D eigenvalue weighted by atomic mass is 35.5. The zero-order chi connectivity index (χ0) is 27.3. The van der Waals surface area contributed by atoms with Gasteiger partial charge in [-0.25, -0.2) is 0 Å². The van der Waals surface area contributed by atoms with Crippen molar-refractivity contribution in [2.75, 3.05) is 0 Å². The Bertz CT molecular complexity index is 1850. The van der Waals surface area contributed by atoms with Gasteiger partial charge in [0.2, 0.25) is 0 Å². The molecule has 0 fully saturated rings. The van der Waals surface area contributed by atoms with E-state index in [1.165, 1.54) is 61.2 Å². The maximum absolute atomic E-state index is 6.23. The molecule has 0 N–H and O–H groups in total. The van der Waals surface area contributed by atoms with E-state index in [0.29, 0.717) is 0 Å². The molecule has 0 atom stereocenters. The highest BCUT2D eigenvalue weighted by Gasteiger charge is 2.39. The van der Waals surface area contributed by atoms with E-state index in [4.69, 9.17) is 11.6 Å². The fraction of sp³-hybridized carbons (Fsp3) is 0.0769. The summed E-state index contributed by atoms with van der Waals surface area (Å²) in [6.07, 6.45) is 0. The van der Waals surface area contributed by atoms with Crippen LogP contribution < -0.4 is 0 Å². The SMILES string of the molecule is CC1(C)c2ccccc2-c2cc(-c3ccccc3)c(-c3ccccc3)c(-c3cccc(-c4ccc(Cl)cc4)c3)c21. The predicted molar refractivity (Wildman–Crippen MR) is 171 cm³/mol. The van der Waals surface area contributed by atoms with E-state index in [9.17, 15) is 0 Å². The molecule has 0 heterocycles. The lowest BCUT2D eigenvalue weighted by Gasteiger charge is -2.28. The van der Waals surface area contributed by atoms with Gasteiger partial charge in [0, 0.05) is 10.4 Å². The topological polar surface area (TPSA) is 0 Å². The third-order valence-electron chi connectivity index (χ3n) is 8.32. The fourth-order valence-electron chi connectivity index (χ4n) is 6.48. The van der Waals surface area contributed by atoms with Crippen molar-refractivity contribution in [3.63, 3.8) is 0 Å². The molecule has 6 aromatic carbocycles. The van der Waals surface area contributed by atoms with Gasteiger partial charge in [0.05, 0.1) is 0 Å². The zero-order valence-corrected chi connectivity index (χ0v) is 23.4. The fourth-order valence-corrected chi connectivity index (χ4v) is 6.60. The minimum absolute atomic E-state index is 0.156. The highest BCUT2D eigenvalue weighted by molar-refractivity contribution is 6.30. The molecule has 40 heavy (non-hydrogen) atoms. The van der Waals surface area contributed by atoms with Gasteiger partial charge >= 0.3 is 0 Å². The third-order valence-corrected chi connectivity index (χ3v) is 8.57. The van der Waals surface area contributed by atoms with Crippen molar-refractivity contribution in [3.05, 3.63) is 156 Å². The Labute approximate surface area is 241 Å². The Morgan fingerprint density at radius 3 is 1.75 bits per heavy atom. The molecular formula is C39H29Cl. The van der Waals surface area contributed by atoms with Gasteiger partial charge in [0.15, 0.2) is 0 Å². The maximum atomic E-state index is 6.23. The second kappa shape index (κ2) is 9.66. The van der Waals surface area contributed by atoms with Crippen molar-refractivity contribution >= 4 is 11.6 Å². The zero-order valence-electron chi connectivity index (χ0n) is 22.7. The quantitative estimate of drug-likeness (QED) is 0.212. The summed E-state index contributed by atoms with van der Waals surface area (Å²) in [7, 11) is 0. The second-order valence-electron chi connectivity index (χ2n) is 11.1. The number of benzene rings is 6. The van der Waals surface area contributed by atoms with Gasteiger partial charge in [-0.15, -0.1) is 0 Å². The van der Waals surface area contributed by atoms with Crippen LogP contribution in [0.1, 0.15) is 25.0 Å². The van der Waals surface area contributed by atoms with E-state index in [1.807, 2.05) is 12.1 Å². The van der Waals surface area contributed by atoms with Crippen LogP contribution in [0, 0.1) is 0 Å². The summed E-state index contributed by atoms with van der Waals surface area (Å²) in [6, 6.07) is 50.2. The molecule has 7 rings (SSSR count). The number of hydrogen-bond donors (Lipinski definition) is 0. The van der Waals surface area contributed by atoms with Crippen LogP contribution >= 0.6 is 11.6 Å². The summed E-state index contributed by atoms with van der Waals surface area (Å²) in [5, 5.41) is 0.749. The lowest BCUT2D eigenvalue weighted by Crippen LogP contribution is -2.17. The molecule has 0 aliphatic heterocycles. The Morgan fingerprint density at radius 2 is 1.02 bits per heavy atom.